The summed E-state index contributed by atoms with van der Waals surface area (Å²) >= 11 is 12.3. The summed E-state index contributed by atoms with van der Waals surface area (Å²) < 4.78 is 4.87. The van der Waals surface area contributed by atoms with Gasteiger partial charge in [0, 0.05) is 5.02 Å². The van der Waals surface area contributed by atoms with Gasteiger partial charge in [0.05, 0.1) is 12.0 Å². The molecule has 4 nitrogen and oxygen atoms in total. The summed E-state index contributed by atoms with van der Waals surface area (Å²) in [5.74, 6) is -0.828. The van der Waals surface area contributed by atoms with Crippen molar-refractivity contribution in [3.8, 4) is 0 Å². The molecular formula is C13H10ClNO3S2. The highest BCUT2D eigenvalue weighted by Gasteiger charge is 2.33. The molecule has 1 aromatic carbocycles. The van der Waals surface area contributed by atoms with Crippen LogP contribution in [0, 0.1) is 0 Å². The fourth-order valence-corrected chi connectivity index (χ4v) is 3.00. The maximum Gasteiger partial charge on any atom is 0.325 e. The molecule has 0 radical (unpaired) electrons. The Labute approximate surface area is 130 Å². The molecule has 0 aliphatic carbocycles. The Morgan fingerprint density at radius 1 is 1.50 bits per heavy atom. The van der Waals surface area contributed by atoms with Crippen LogP contribution in [0.3, 0.4) is 0 Å². The number of methoxy groups -OCH3 is 1. The highest BCUT2D eigenvalue weighted by atomic mass is 35.5. The van der Waals surface area contributed by atoms with Gasteiger partial charge in [-0.2, -0.15) is 0 Å². The number of ether oxygens (including phenoxy) is 1. The molecule has 1 aliphatic heterocycles. The van der Waals surface area contributed by atoms with E-state index >= 15 is 0 Å². The van der Waals surface area contributed by atoms with Crippen LogP contribution in [0.5, 0.6) is 0 Å². The third-order valence-electron chi connectivity index (χ3n) is 2.58. The van der Waals surface area contributed by atoms with Gasteiger partial charge in [0.15, 0.2) is 0 Å². The quantitative estimate of drug-likeness (QED) is 0.485. The van der Waals surface area contributed by atoms with Crippen LogP contribution in [-0.4, -0.2) is 34.8 Å². The molecule has 20 heavy (non-hydrogen) atoms. The van der Waals surface area contributed by atoms with Crippen LogP contribution in [0.15, 0.2) is 29.2 Å². The summed E-state index contributed by atoms with van der Waals surface area (Å²) in [7, 11) is 1.26. The monoisotopic (exact) mass is 327 g/mol. The van der Waals surface area contributed by atoms with Crippen molar-refractivity contribution in [3.63, 3.8) is 0 Å². The van der Waals surface area contributed by atoms with Crippen LogP contribution in [0.2, 0.25) is 5.02 Å². The highest BCUT2D eigenvalue weighted by Crippen LogP contribution is 2.33. The minimum atomic E-state index is -0.514. The Morgan fingerprint density at radius 3 is 2.85 bits per heavy atom. The van der Waals surface area contributed by atoms with Gasteiger partial charge < -0.3 is 4.74 Å². The number of benzene rings is 1. The maximum atomic E-state index is 12.2. The van der Waals surface area contributed by atoms with Gasteiger partial charge in [0.2, 0.25) is 0 Å². The number of halogens is 1. The third kappa shape index (κ3) is 3.20. The van der Waals surface area contributed by atoms with Crippen molar-refractivity contribution < 1.29 is 14.3 Å². The van der Waals surface area contributed by atoms with Gasteiger partial charge in [0.25, 0.3) is 5.91 Å². The number of carbonyl (C=O) groups excluding carboxylic acids is 2. The number of thioether (sulfide) groups is 1. The fourth-order valence-electron chi connectivity index (χ4n) is 1.56. The van der Waals surface area contributed by atoms with Crippen molar-refractivity contribution in [3.05, 3.63) is 39.8 Å². The van der Waals surface area contributed by atoms with Crippen LogP contribution < -0.4 is 0 Å². The lowest BCUT2D eigenvalue weighted by Gasteiger charge is -2.11. The Bertz CT molecular complexity index is 615. The third-order valence-corrected chi connectivity index (χ3v) is 4.30. The molecule has 0 aromatic heterocycles. The molecule has 0 saturated carbocycles. The second-order valence-corrected chi connectivity index (χ2v) is 5.95. The lowest BCUT2D eigenvalue weighted by atomic mass is 10.2. The molecule has 1 saturated heterocycles. The largest absolute Gasteiger partial charge is 0.468 e. The summed E-state index contributed by atoms with van der Waals surface area (Å²) in [5.41, 5.74) is 0.729. The molecule has 7 heteroatoms. The summed E-state index contributed by atoms with van der Waals surface area (Å²) in [4.78, 5) is 25.1. The molecule has 0 atom stereocenters. The van der Waals surface area contributed by atoms with E-state index in [1.54, 1.807) is 18.2 Å². The molecular weight excluding hydrogens is 318 g/mol. The Morgan fingerprint density at radius 2 is 2.20 bits per heavy atom. The van der Waals surface area contributed by atoms with Crippen molar-refractivity contribution in [1.82, 2.24) is 4.90 Å². The lowest BCUT2D eigenvalue weighted by molar-refractivity contribution is -0.143. The van der Waals surface area contributed by atoms with Gasteiger partial charge in [-0.3, -0.25) is 14.5 Å². The van der Waals surface area contributed by atoms with Crippen molar-refractivity contribution in [2.45, 2.75) is 0 Å². The molecule has 1 heterocycles. The average Bonchev–Trinajstić information content (AvgIpc) is 2.69. The minimum absolute atomic E-state index is 0.180. The normalized spacial score (nSPS) is 16.9. The number of hydrogen-bond acceptors (Lipinski definition) is 5. The molecule has 104 valence electrons. The van der Waals surface area contributed by atoms with Gasteiger partial charge in [0.1, 0.15) is 10.9 Å². The second kappa shape index (κ2) is 6.39. The predicted octanol–water partition coefficient (Wildman–Crippen LogP) is 2.71. The van der Waals surface area contributed by atoms with E-state index in [0.29, 0.717) is 14.2 Å². The Hall–Kier alpha value is -1.37. The zero-order valence-electron chi connectivity index (χ0n) is 10.5. The zero-order chi connectivity index (χ0) is 14.7. The van der Waals surface area contributed by atoms with E-state index in [-0.39, 0.29) is 12.5 Å². The van der Waals surface area contributed by atoms with Crippen LogP contribution in [-0.2, 0) is 14.3 Å². The average molecular weight is 328 g/mol. The number of carbonyl (C=O) groups is 2. The van der Waals surface area contributed by atoms with Gasteiger partial charge in [-0.25, -0.2) is 0 Å². The first-order chi connectivity index (χ1) is 9.52. The first-order valence-electron chi connectivity index (χ1n) is 5.59. The summed E-state index contributed by atoms with van der Waals surface area (Å²) in [6.07, 6.45) is 1.67. The minimum Gasteiger partial charge on any atom is -0.468 e. The van der Waals surface area contributed by atoms with Gasteiger partial charge >= 0.3 is 5.97 Å². The Kier molecular flexibility index (Phi) is 4.80. The number of hydrogen-bond donors (Lipinski definition) is 0. The van der Waals surface area contributed by atoms with E-state index in [4.69, 9.17) is 23.8 Å². The first kappa shape index (κ1) is 15.0. The van der Waals surface area contributed by atoms with E-state index in [1.165, 1.54) is 12.0 Å². The lowest BCUT2D eigenvalue weighted by Crippen LogP contribution is -2.33. The molecule has 1 amide bonds. The summed E-state index contributed by atoms with van der Waals surface area (Å²) in [6, 6.07) is 7.17. The SMILES string of the molecule is COC(=O)CN1C(=O)/C(=C\c2ccccc2Cl)SC1=S. The molecule has 0 bridgehead atoms. The molecule has 0 spiro atoms. The fraction of sp³-hybridized carbons (Fsp3) is 0.154. The van der Waals surface area contributed by atoms with Crippen molar-refractivity contribution >= 4 is 57.9 Å². The summed E-state index contributed by atoms with van der Waals surface area (Å²) in [6.45, 7) is -0.180. The van der Waals surface area contributed by atoms with Crippen molar-refractivity contribution in [1.29, 1.82) is 0 Å². The number of esters is 1. The molecule has 1 fully saturated rings. The van der Waals surface area contributed by atoms with Gasteiger partial charge in [-0.15, -0.1) is 0 Å². The van der Waals surface area contributed by atoms with Crippen LogP contribution in [0.25, 0.3) is 6.08 Å². The van der Waals surface area contributed by atoms with E-state index in [2.05, 4.69) is 4.74 Å². The summed E-state index contributed by atoms with van der Waals surface area (Å²) in [5, 5.41) is 0.547. The van der Waals surface area contributed by atoms with Crippen LogP contribution >= 0.6 is 35.6 Å². The van der Waals surface area contributed by atoms with E-state index in [1.807, 2.05) is 12.1 Å². The second-order valence-electron chi connectivity index (χ2n) is 3.87. The van der Waals surface area contributed by atoms with Crippen molar-refractivity contribution in [2.75, 3.05) is 13.7 Å². The number of amides is 1. The zero-order valence-corrected chi connectivity index (χ0v) is 12.8. The van der Waals surface area contributed by atoms with Crippen molar-refractivity contribution in [2.24, 2.45) is 0 Å². The number of rotatable bonds is 3. The van der Waals surface area contributed by atoms with Crippen LogP contribution in [0.4, 0.5) is 0 Å². The maximum absolute atomic E-state index is 12.2. The molecule has 0 unspecified atom stereocenters. The molecule has 1 aliphatic rings. The smallest absolute Gasteiger partial charge is 0.325 e. The topological polar surface area (TPSA) is 46.6 Å². The van der Waals surface area contributed by atoms with Gasteiger partial charge in [-0.05, 0) is 17.7 Å². The number of thiocarbonyl (C=S) groups is 1. The standard InChI is InChI=1S/C13H10ClNO3S2/c1-18-11(16)7-15-12(17)10(20-13(15)19)6-8-4-2-3-5-9(8)14/h2-6H,7H2,1H3/b10-6+. The molecule has 2 rings (SSSR count). The predicted molar refractivity (Wildman–Crippen MR) is 83.3 cm³/mol. The van der Waals surface area contributed by atoms with Gasteiger partial charge in [-0.1, -0.05) is 53.8 Å². The molecule has 1 aromatic rings. The van der Waals surface area contributed by atoms with E-state index in [9.17, 15) is 9.59 Å². The van der Waals surface area contributed by atoms with Crippen LogP contribution in [0.1, 0.15) is 5.56 Å². The van der Waals surface area contributed by atoms with E-state index in [0.717, 1.165) is 17.3 Å². The van der Waals surface area contributed by atoms with E-state index < -0.39 is 5.97 Å². The molecule has 0 N–H and O–H groups in total. The first-order valence-corrected chi connectivity index (χ1v) is 7.20. The number of nitrogens with zero attached hydrogens (tertiary/aromatic N) is 1. The highest BCUT2D eigenvalue weighted by molar-refractivity contribution is 8.26. The Balaban J connectivity index is 2.24.